The van der Waals surface area contributed by atoms with Crippen molar-refractivity contribution < 1.29 is 23.4 Å². The molecule has 1 saturated heterocycles. The molecule has 1 aromatic heterocycles. The molecule has 2 aromatic rings. The van der Waals surface area contributed by atoms with E-state index >= 15 is 0 Å². The molecule has 190 valence electrons. The Morgan fingerprint density at radius 3 is 2.66 bits per heavy atom. The third-order valence-corrected chi connectivity index (χ3v) is 7.21. The number of nitrogens with zero attached hydrogens (tertiary/aromatic N) is 3. The summed E-state index contributed by atoms with van der Waals surface area (Å²) in [5, 5.41) is 12.8. The molecule has 2 atom stereocenters. The fraction of sp³-hybridized carbons (Fsp3) is 0.577. The number of alkyl halides is 2. The standard InChI is InChI=1S/C26H34F2N4O3/c1-3-4-7-31-12-20(13-31)30-19-5-6-22(29-11-19)25-21-10-24-23(34-16-35-24)9-18(21)8-17(2)32(25)14-26(27,28)15-33/h5-6,9-11,17,20,25,30,33H,3-4,7-8,12-16H2,1-2H3/t17-,25+/m1/s1. The van der Waals surface area contributed by atoms with Crippen LogP contribution in [0.3, 0.4) is 0 Å². The van der Waals surface area contributed by atoms with Gasteiger partial charge in [0.2, 0.25) is 6.79 Å². The van der Waals surface area contributed by atoms with Gasteiger partial charge in [-0.15, -0.1) is 0 Å². The van der Waals surface area contributed by atoms with Gasteiger partial charge in [0.05, 0.1) is 36.2 Å². The number of likely N-dealkylation sites (tertiary alicyclic amines) is 1. The number of pyridine rings is 1. The predicted octanol–water partition coefficient (Wildman–Crippen LogP) is 3.67. The molecule has 7 nitrogen and oxygen atoms in total. The lowest BCUT2D eigenvalue weighted by Gasteiger charge is -2.43. The number of anilines is 1. The van der Waals surface area contributed by atoms with Crippen LogP contribution in [0.1, 0.15) is 49.6 Å². The minimum atomic E-state index is -3.21. The van der Waals surface area contributed by atoms with Crippen molar-refractivity contribution in [2.24, 2.45) is 0 Å². The number of ether oxygens (including phenoxy) is 2. The molecule has 0 amide bonds. The van der Waals surface area contributed by atoms with Crippen molar-refractivity contribution in [3.8, 4) is 11.5 Å². The summed E-state index contributed by atoms with van der Waals surface area (Å²) in [6, 6.07) is 7.49. The third-order valence-electron chi connectivity index (χ3n) is 7.21. The zero-order chi connectivity index (χ0) is 24.6. The molecule has 3 aliphatic heterocycles. The quantitative estimate of drug-likeness (QED) is 0.558. The van der Waals surface area contributed by atoms with E-state index in [0.29, 0.717) is 29.7 Å². The van der Waals surface area contributed by atoms with Gasteiger partial charge in [-0.05, 0) is 61.7 Å². The SMILES string of the molecule is CCCCN1CC(Nc2ccc([C@@H]3c4cc5c(cc4C[C@@H](C)N3CC(F)(F)CO)OCO5)nc2)C1. The van der Waals surface area contributed by atoms with Crippen LogP contribution in [0.5, 0.6) is 11.5 Å². The van der Waals surface area contributed by atoms with Crippen LogP contribution in [0.2, 0.25) is 0 Å². The summed E-state index contributed by atoms with van der Waals surface area (Å²) in [5.41, 5.74) is 3.55. The Morgan fingerprint density at radius 2 is 1.97 bits per heavy atom. The van der Waals surface area contributed by atoms with E-state index in [9.17, 15) is 13.9 Å². The van der Waals surface area contributed by atoms with E-state index in [4.69, 9.17) is 14.5 Å². The molecule has 3 aliphatic rings. The van der Waals surface area contributed by atoms with Crippen LogP contribution in [0, 0.1) is 0 Å². The Hall–Kier alpha value is -2.49. The number of fused-ring (bicyclic) bond motifs is 2. The summed E-state index contributed by atoms with van der Waals surface area (Å²) in [6.07, 6.45) is 4.81. The monoisotopic (exact) mass is 488 g/mol. The predicted molar refractivity (Wildman–Crippen MR) is 129 cm³/mol. The molecule has 9 heteroatoms. The number of aliphatic hydroxyl groups is 1. The van der Waals surface area contributed by atoms with Crippen LogP contribution in [0.15, 0.2) is 30.5 Å². The largest absolute Gasteiger partial charge is 0.454 e. The Balaban J connectivity index is 1.39. The molecule has 0 aliphatic carbocycles. The first-order chi connectivity index (χ1) is 16.9. The van der Waals surface area contributed by atoms with Gasteiger partial charge in [-0.25, -0.2) is 8.78 Å². The first-order valence-electron chi connectivity index (χ1n) is 12.5. The average Bonchev–Trinajstić information content (AvgIpc) is 3.27. The van der Waals surface area contributed by atoms with E-state index in [1.165, 1.54) is 12.8 Å². The molecule has 0 spiro atoms. The number of aliphatic hydroxyl groups excluding tert-OH is 1. The Bertz CT molecular complexity index is 1030. The summed E-state index contributed by atoms with van der Waals surface area (Å²) in [7, 11) is 0. The first kappa shape index (κ1) is 24.2. The van der Waals surface area contributed by atoms with Crippen LogP contribution in [0.25, 0.3) is 0 Å². The van der Waals surface area contributed by atoms with Gasteiger partial charge < -0.3 is 19.9 Å². The fourth-order valence-electron chi connectivity index (χ4n) is 5.31. The second-order valence-electron chi connectivity index (χ2n) is 9.97. The van der Waals surface area contributed by atoms with Crippen LogP contribution in [-0.4, -0.2) is 77.5 Å². The van der Waals surface area contributed by atoms with Crippen molar-refractivity contribution >= 4 is 5.69 Å². The minimum absolute atomic E-state index is 0.153. The zero-order valence-corrected chi connectivity index (χ0v) is 20.3. The molecule has 5 rings (SSSR count). The summed E-state index contributed by atoms with van der Waals surface area (Å²) >= 11 is 0. The van der Waals surface area contributed by atoms with Crippen molar-refractivity contribution in [3.05, 3.63) is 47.3 Å². The highest BCUT2D eigenvalue weighted by molar-refractivity contribution is 5.53. The molecule has 0 saturated carbocycles. The van der Waals surface area contributed by atoms with E-state index in [0.717, 1.165) is 36.4 Å². The van der Waals surface area contributed by atoms with Gasteiger partial charge in [0.1, 0.15) is 6.61 Å². The normalized spacial score (nSPS) is 22.7. The Kier molecular flexibility index (Phi) is 6.83. The van der Waals surface area contributed by atoms with Crippen molar-refractivity contribution in [2.75, 3.05) is 44.9 Å². The van der Waals surface area contributed by atoms with E-state index in [1.807, 2.05) is 31.2 Å². The topological polar surface area (TPSA) is 70.1 Å². The van der Waals surface area contributed by atoms with Gasteiger partial charge in [0.25, 0.3) is 5.92 Å². The van der Waals surface area contributed by atoms with Gasteiger partial charge in [-0.3, -0.25) is 14.8 Å². The highest BCUT2D eigenvalue weighted by atomic mass is 19.3. The third kappa shape index (κ3) is 5.08. The van der Waals surface area contributed by atoms with Crippen LogP contribution >= 0.6 is 0 Å². The van der Waals surface area contributed by atoms with Gasteiger partial charge in [-0.2, -0.15) is 0 Å². The van der Waals surface area contributed by atoms with Crippen LogP contribution in [0.4, 0.5) is 14.5 Å². The molecule has 35 heavy (non-hydrogen) atoms. The Labute approximate surface area is 205 Å². The maximum atomic E-state index is 14.4. The van der Waals surface area contributed by atoms with Crippen molar-refractivity contribution in [1.29, 1.82) is 0 Å². The molecule has 2 N–H and O–H groups in total. The lowest BCUT2D eigenvalue weighted by molar-refractivity contribution is -0.0865. The highest BCUT2D eigenvalue weighted by Crippen LogP contribution is 2.44. The van der Waals surface area contributed by atoms with Crippen molar-refractivity contribution in [2.45, 2.75) is 57.2 Å². The second kappa shape index (κ2) is 9.87. The van der Waals surface area contributed by atoms with E-state index < -0.39 is 25.1 Å². The number of hydrogen-bond donors (Lipinski definition) is 2. The second-order valence-corrected chi connectivity index (χ2v) is 9.97. The van der Waals surface area contributed by atoms with Crippen LogP contribution in [-0.2, 0) is 6.42 Å². The summed E-state index contributed by atoms with van der Waals surface area (Å²) in [5.74, 6) is -1.91. The maximum Gasteiger partial charge on any atom is 0.283 e. The number of rotatable bonds is 9. The smallest absolute Gasteiger partial charge is 0.283 e. The lowest BCUT2D eigenvalue weighted by Crippen LogP contribution is -2.54. The van der Waals surface area contributed by atoms with Crippen LogP contribution < -0.4 is 14.8 Å². The van der Waals surface area contributed by atoms with Crippen molar-refractivity contribution in [1.82, 2.24) is 14.8 Å². The van der Waals surface area contributed by atoms with Gasteiger partial charge >= 0.3 is 0 Å². The van der Waals surface area contributed by atoms with E-state index in [1.54, 1.807) is 11.1 Å². The molecule has 4 heterocycles. The Morgan fingerprint density at radius 1 is 1.20 bits per heavy atom. The number of halogens is 2. The summed E-state index contributed by atoms with van der Waals surface area (Å²) in [4.78, 5) is 8.90. The van der Waals surface area contributed by atoms with Crippen molar-refractivity contribution in [3.63, 3.8) is 0 Å². The molecular formula is C26H34F2N4O3. The number of unbranched alkanes of at least 4 members (excludes halogenated alkanes) is 1. The lowest BCUT2D eigenvalue weighted by atomic mass is 9.86. The molecule has 0 bridgehead atoms. The minimum Gasteiger partial charge on any atom is -0.454 e. The van der Waals surface area contributed by atoms with E-state index in [2.05, 4.69) is 17.1 Å². The van der Waals surface area contributed by atoms with Gasteiger partial charge in [0, 0.05) is 19.1 Å². The number of aromatic nitrogens is 1. The average molecular weight is 489 g/mol. The highest BCUT2D eigenvalue weighted by Gasteiger charge is 2.41. The maximum absolute atomic E-state index is 14.4. The number of hydrogen-bond acceptors (Lipinski definition) is 7. The summed E-state index contributed by atoms with van der Waals surface area (Å²) < 4.78 is 39.9. The number of nitrogens with one attached hydrogen (secondary N) is 1. The van der Waals surface area contributed by atoms with Gasteiger partial charge in [-0.1, -0.05) is 13.3 Å². The number of benzene rings is 1. The molecule has 1 aromatic carbocycles. The summed E-state index contributed by atoms with van der Waals surface area (Å²) in [6.45, 7) is 5.72. The molecular weight excluding hydrogens is 454 g/mol. The molecule has 0 unspecified atom stereocenters. The van der Waals surface area contributed by atoms with Gasteiger partial charge in [0.15, 0.2) is 11.5 Å². The molecule has 0 radical (unpaired) electrons. The van der Waals surface area contributed by atoms with E-state index in [-0.39, 0.29) is 12.8 Å². The molecule has 1 fully saturated rings. The first-order valence-corrected chi connectivity index (χ1v) is 12.5. The fourth-order valence-corrected chi connectivity index (χ4v) is 5.31. The zero-order valence-electron chi connectivity index (χ0n) is 20.3.